The number of amides is 1. The Labute approximate surface area is 151 Å². The van der Waals surface area contributed by atoms with E-state index in [-0.39, 0.29) is 16.5 Å². The highest BCUT2D eigenvalue weighted by Gasteiger charge is 2.17. The van der Waals surface area contributed by atoms with Crippen molar-refractivity contribution >= 4 is 50.5 Å². The Morgan fingerprint density at radius 2 is 2.00 bits per heavy atom. The fraction of sp³-hybridized carbons (Fsp3) is 0.0667. The van der Waals surface area contributed by atoms with Gasteiger partial charge in [-0.2, -0.15) is 0 Å². The third kappa shape index (κ3) is 4.27. The number of thiocarbonyl (C=S) groups is 1. The van der Waals surface area contributed by atoms with Gasteiger partial charge < -0.3 is 10.1 Å². The van der Waals surface area contributed by atoms with Crippen LogP contribution in [0.25, 0.3) is 0 Å². The van der Waals surface area contributed by atoms with Crippen molar-refractivity contribution in [1.29, 1.82) is 0 Å². The van der Waals surface area contributed by atoms with Gasteiger partial charge in [-0.3, -0.25) is 20.2 Å². The normalized spacial score (nSPS) is 9.92. The second kappa shape index (κ2) is 7.84. The molecule has 2 N–H and O–H groups in total. The highest BCUT2D eigenvalue weighted by Crippen LogP contribution is 2.28. The number of anilines is 1. The van der Waals surface area contributed by atoms with Gasteiger partial charge in [0.05, 0.1) is 23.7 Å². The monoisotopic (exact) mass is 409 g/mol. The number of nitro groups is 1. The molecule has 7 nitrogen and oxygen atoms in total. The molecule has 0 spiro atoms. The lowest BCUT2D eigenvalue weighted by Gasteiger charge is -2.11. The van der Waals surface area contributed by atoms with Crippen molar-refractivity contribution in [1.82, 2.24) is 5.32 Å². The van der Waals surface area contributed by atoms with Crippen LogP contribution in [-0.4, -0.2) is 23.1 Å². The van der Waals surface area contributed by atoms with Gasteiger partial charge in [-0.25, -0.2) is 0 Å². The zero-order valence-electron chi connectivity index (χ0n) is 12.4. The number of rotatable bonds is 4. The molecular formula is C15H12BrN3O4S. The standard InChI is InChI=1S/C15H12BrN3O4S/c1-23-9-6-7-12(13(8-9)19(21)22)17-15(24)18-14(20)10-4-2-3-5-11(10)16/h2-8H,1H3,(H2,17,18,20,24). The molecule has 2 aromatic rings. The van der Waals surface area contributed by atoms with Crippen LogP contribution in [0.5, 0.6) is 5.75 Å². The molecule has 0 atom stereocenters. The smallest absolute Gasteiger partial charge is 0.296 e. The van der Waals surface area contributed by atoms with E-state index in [2.05, 4.69) is 26.6 Å². The van der Waals surface area contributed by atoms with E-state index >= 15 is 0 Å². The Kier molecular flexibility index (Phi) is 5.83. The summed E-state index contributed by atoms with van der Waals surface area (Å²) < 4.78 is 5.57. The molecule has 2 aromatic carbocycles. The second-order valence-corrected chi connectivity index (χ2v) is 5.79. The van der Waals surface area contributed by atoms with Gasteiger partial charge in [0, 0.05) is 4.47 Å². The van der Waals surface area contributed by atoms with Gasteiger partial charge >= 0.3 is 0 Å². The number of benzene rings is 2. The van der Waals surface area contributed by atoms with Crippen LogP contribution in [0.1, 0.15) is 10.4 Å². The summed E-state index contributed by atoms with van der Waals surface area (Å²) in [4.78, 5) is 22.7. The minimum atomic E-state index is -0.566. The van der Waals surface area contributed by atoms with Gasteiger partial charge in [-0.15, -0.1) is 0 Å². The number of nitrogens with zero attached hydrogens (tertiary/aromatic N) is 1. The van der Waals surface area contributed by atoms with Gasteiger partial charge in [0.25, 0.3) is 11.6 Å². The molecule has 24 heavy (non-hydrogen) atoms. The van der Waals surface area contributed by atoms with Crippen LogP contribution in [0.4, 0.5) is 11.4 Å². The first kappa shape index (κ1) is 17.8. The molecule has 2 rings (SSSR count). The lowest BCUT2D eigenvalue weighted by atomic mass is 10.2. The molecule has 0 saturated carbocycles. The van der Waals surface area contributed by atoms with Crippen LogP contribution in [-0.2, 0) is 0 Å². The fourth-order valence-electron chi connectivity index (χ4n) is 1.86. The van der Waals surface area contributed by atoms with Crippen LogP contribution >= 0.6 is 28.1 Å². The van der Waals surface area contributed by atoms with E-state index in [9.17, 15) is 14.9 Å². The summed E-state index contributed by atoms with van der Waals surface area (Å²) in [5, 5.41) is 16.2. The predicted molar refractivity (Wildman–Crippen MR) is 97.5 cm³/mol. The molecule has 0 bridgehead atoms. The topological polar surface area (TPSA) is 93.5 Å². The lowest BCUT2D eigenvalue weighted by Crippen LogP contribution is -2.34. The second-order valence-electron chi connectivity index (χ2n) is 4.53. The molecule has 0 aliphatic carbocycles. The van der Waals surface area contributed by atoms with Gasteiger partial charge in [0.15, 0.2) is 5.11 Å². The summed E-state index contributed by atoms with van der Waals surface area (Å²) in [6.45, 7) is 0. The van der Waals surface area contributed by atoms with Crippen molar-refractivity contribution < 1.29 is 14.5 Å². The Balaban J connectivity index is 2.14. The van der Waals surface area contributed by atoms with E-state index in [0.29, 0.717) is 15.8 Å². The maximum Gasteiger partial charge on any atom is 0.296 e. The van der Waals surface area contributed by atoms with Crippen LogP contribution in [0.15, 0.2) is 46.9 Å². The number of methoxy groups -OCH3 is 1. The molecule has 124 valence electrons. The number of carbonyl (C=O) groups is 1. The van der Waals surface area contributed by atoms with Gasteiger partial charge in [0.1, 0.15) is 11.4 Å². The maximum absolute atomic E-state index is 12.2. The minimum absolute atomic E-state index is 0.0518. The molecular weight excluding hydrogens is 398 g/mol. The third-order valence-electron chi connectivity index (χ3n) is 3.00. The van der Waals surface area contributed by atoms with E-state index in [1.54, 1.807) is 30.3 Å². The zero-order chi connectivity index (χ0) is 17.7. The number of ether oxygens (including phenoxy) is 1. The number of carbonyl (C=O) groups excluding carboxylic acids is 1. The Hall–Kier alpha value is -2.52. The van der Waals surface area contributed by atoms with Crippen LogP contribution in [0.3, 0.4) is 0 Å². The highest BCUT2D eigenvalue weighted by atomic mass is 79.9. The first-order valence-electron chi connectivity index (χ1n) is 6.61. The number of hydrogen-bond acceptors (Lipinski definition) is 5. The van der Waals surface area contributed by atoms with Crippen molar-refractivity contribution in [3.8, 4) is 5.75 Å². The Morgan fingerprint density at radius 1 is 1.29 bits per heavy atom. The summed E-state index contributed by atoms with van der Waals surface area (Å²) in [5.74, 6) is -0.0911. The van der Waals surface area contributed by atoms with Crippen molar-refractivity contribution in [2.45, 2.75) is 0 Å². The number of halogens is 1. The van der Waals surface area contributed by atoms with Crippen molar-refractivity contribution in [2.75, 3.05) is 12.4 Å². The third-order valence-corrected chi connectivity index (χ3v) is 3.89. The minimum Gasteiger partial charge on any atom is -0.496 e. The molecule has 0 heterocycles. The largest absolute Gasteiger partial charge is 0.496 e. The Morgan fingerprint density at radius 3 is 2.62 bits per heavy atom. The molecule has 0 radical (unpaired) electrons. The van der Waals surface area contributed by atoms with E-state index in [4.69, 9.17) is 17.0 Å². The zero-order valence-corrected chi connectivity index (χ0v) is 14.8. The molecule has 0 aliphatic rings. The quantitative estimate of drug-likeness (QED) is 0.455. The SMILES string of the molecule is COc1ccc(NC(=S)NC(=O)c2ccccc2Br)c([N+](=O)[O-])c1. The average molecular weight is 410 g/mol. The number of nitrogens with one attached hydrogen (secondary N) is 2. The summed E-state index contributed by atoms with van der Waals surface area (Å²) >= 11 is 8.32. The Bertz CT molecular complexity index is 813. The van der Waals surface area contributed by atoms with E-state index in [0.717, 1.165) is 0 Å². The molecule has 0 fully saturated rings. The first-order chi connectivity index (χ1) is 11.4. The van der Waals surface area contributed by atoms with Gasteiger partial charge in [0.2, 0.25) is 0 Å². The summed E-state index contributed by atoms with van der Waals surface area (Å²) in [6, 6.07) is 11.1. The van der Waals surface area contributed by atoms with E-state index in [1.807, 2.05) is 0 Å². The number of nitro benzene ring substituents is 1. The van der Waals surface area contributed by atoms with E-state index in [1.165, 1.54) is 19.2 Å². The van der Waals surface area contributed by atoms with Crippen LogP contribution in [0, 0.1) is 10.1 Å². The van der Waals surface area contributed by atoms with Crippen molar-refractivity contribution in [2.24, 2.45) is 0 Å². The molecule has 9 heteroatoms. The predicted octanol–water partition coefficient (Wildman–Crippen LogP) is 3.49. The maximum atomic E-state index is 12.2. The molecule has 0 aromatic heterocycles. The van der Waals surface area contributed by atoms with Crippen LogP contribution < -0.4 is 15.4 Å². The summed E-state index contributed by atoms with van der Waals surface area (Å²) in [6.07, 6.45) is 0. The van der Waals surface area contributed by atoms with E-state index < -0.39 is 10.8 Å². The molecule has 1 amide bonds. The average Bonchev–Trinajstić information content (AvgIpc) is 2.55. The first-order valence-corrected chi connectivity index (χ1v) is 7.81. The fourth-order valence-corrected chi connectivity index (χ4v) is 2.53. The van der Waals surface area contributed by atoms with Crippen molar-refractivity contribution in [3.05, 3.63) is 62.6 Å². The molecule has 0 aliphatic heterocycles. The van der Waals surface area contributed by atoms with Gasteiger partial charge in [-0.1, -0.05) is 12.1 Å². The molecule has 0 saturated heterocycles. The lowest BCUT2D eigenvalue weighted by molar-refractivity contribution is -0.384. The van der Waals surface area contributed by atoms with Gasteiger partial charge in [-0.05, 0) is 52.4 Å². The number of hydrogen-bond donors (Lipinski definition) is 2. The van der Waals surface area contributed by atoms with Crippen LogP contribution in [0.2, 0.25) is 0 Å². The summed E-state index contributed by atoms with van der Waals surface area (Å²) in [5.41, 5.74) is 0.330. The van der Waals surface area contributed by atoms with Crippen molar-refractivity contribution in [3.63, 3.8) is 0 Å². The molecule has 0 unspecified atom stereocenters. The summed E-state index contributed by atoms with van der Waals surface area (Å²) in [7, 11) is 1.41. The highest BCUT2D eigenvalue weighted by molar-refractivity contribution is 9.10.